The van der Waals surface area contributed by atoms with E-state index in [9.17, 15) is 4.79 Å². The molecule has 0 aliphatic heterocycles. The van der Waals surface area contributed by atoms with E-state index in [0.717, 1.165) is 0 Å². The maximum absolute atomic E-state index is 12.0. The SMILES string of the molecule is C#[N+]c1ccc(C(=O)c2ccccc2)cc1. The summed E-state index contributed by atoms with van der Waals surface area (Å²) in [6, 6.07) is 16.0. The van der Waals surface area contributed by atoms with Crippen molar-refractivity contribution < 1.29 is 4.79 Å². The van der Waals surface area contributed by atoms with E-state index in [4.69, 9.17) is 6.57 Å². The topological polar surface area (TPSA) is 21.4 Å². The molecular weight excluding hydrogens is 198 g/mol. The lowest BCUT2D eigenvalue weighted by atomic mass is 10.0. The van der Waals surface area contributed by atoms with Crippen molar-refractivity contribution in [3.8, 4) is 6.57 Å². The van der Waals surface area contributed by atoms with Crippen LogP contribution in [0.5, 0.6) is 0 Å². The Hall–Kier alpha value is -2.40. The molecular formula is C14H10NO+. The van der Waals surface area contributed by atoms with Crippen LogP contribution in [0.2, 0.25) is 0 Å². The second-order valence-corrected chi connectivity index (χ2v) is 3.37. The average Bonchev–Trinajstić information content (AvgIpc) is 2.39. The zero-order chi connectivity index (χ0) is 11.4. The molecule has 16 heavy (non-hydrogen) atoms. The molecule has 2 nitrogen and oxygen atoms in total. The molecule has 0 spiro atoms. The predicted molar refractivity (Wildman–Crippen MR) is 64.3 cm³/mol. The average molecular weight is 208 g/mol. The first kappa shape index (κ1) is 10.1. The van der Waals surface area contributed by atoms with Crippen molar-refractivity contribution in [1.29, 1.82) is 0 Å². The maximum atomic E-state index is 12.0. The van der Waals surface area contributed by atoms with Gasteiger partial charge in [-0.2, -0.15) is 0 Å². The van der Waals surface area contributed by atoms with Gasteiger partial charge in [-0.15, -0.1) is 0 Å². The molecule has 0 aromatic heterocycles. The second-order valence-electron chi connectivity index (χ2n) is 3.37. The summed E-state index contributed by atoms with van der Waals surface area (Å²) >= 11 is 0. The van der Waals surface area contributed by atoms with Crippen LogP contribution in [0.25, 0.3) is 4.85 Å². The molecule has 0 N–H and O–H groups in total. The molecule has 0 saturated heterocycles. The van der Waals surface area contributed by atoms with Crippen LogP contribution < -0.4 is 0 Å². The van der Waals surface area contributed by atoms with Gasteiger partial charge in [-0.1, -0.05) is 30.3 Å². The van der Waals surface area contributed by atoms with Crippen LogP contribution in [0.3, 0.4) is 0 Å². The number of hydrogen-bond acceptors (Lipinski definition) is 1. The first-order valence-electron chi connectivity index (χ1n) is 4.92. The van der Waals surface area contributed by atoms with Gasteiger partial charge in [-0.05, 0) is 17.0 Å². The van der Waals surface area contributed by atoms with Crippen LogP contribution in [-0.2, 0) is 0 Å². The van der Waals surface area contributed by atoms with E-state index >= 15 is 0 Å². The number of carbonyl (C=O) groups excluding carboxylic acids is 1. The summed E-state index contributed by atoms with van der Waals surface area (Å²) in [4.78, 5) is 15.5. The lowest BCUT2D eigenvalue weighted by Crippen LogP contribution is -1.99. The Morgan fingerprint density at radius 3 is 2.00 bits per heavy atom. The number of hydrogen-bond donors (Lipinski definition) is 0. The first-order chi connectivity index (χ1) is 7.81. The van der Waals surface area contributed by atoms with Gasteiger partial charge >= 0.3 is 5.69 Å². The Morgan fingerprint density at radius 1 is 0.875 bits per heavy atom. The van der Waals surface area contributed by atoms with E-state index in [2.05, 4.69) is 4.85 Å². The van der Waals surface area contributed by atoms with Crippen LogP contribution in [-0.4, -0.2) is 5.78 Å². The molecule has 2 rings (SSSR count). The lowest BCUT2D eigenvalue weighted by Gasteiger charge is -1.99. The molecule has 0 atom stereocenters. The number of ketones is 1. The van der Waals surface area contributed by atoms with E-state index in [-0.39, 0.29) is 5.78 Å². The minimum atomic E-state index is 0.00386. The Labute approximate surface area is 94.0 Å². The van der Waals surface area contributed by atoms with Gasteiger partial charge in [-0.3, -0.25) is 4.79 Å². The summed E-state index contributed by atoms with van der Waals surface area (Å²) < 4.78 is 0. The normalized spacial score (nSPS) is 9.44. The summed E-state index contributed by atoms with van der Waals surface area (Å²) in [5, 5.41) is 0. The molecule has 2 aromatic rings. The fourth-order valence-corrected chi connectivity index (χ4v) is 1.46. The molecule has 0 amide bonds. The second kappa shape index (κ2) is 4.41. The van der Waals surface area contributed by atoms with Crippen molar-refractivity contribution in [2.24, 2.45) is 0 Å². The van der Waals surface area contributed by atoms with E-state index in [1.54, 1.807) is 36.4 Å². The minimum Gasteiger partial charge on any atom is -0.289 e. The van der Waals surface area contributed by atoms with Gasteiger partial charge < -0.3 is 0 Å². The smallest absolute Gasteiger partial charge is 0.289 e. The Balaban J connectivity index is 2.32. The molecule has 0 heterocycles. The molecule has 2 heteroatoms. The third-order valence-electron chi connectivity index (χ3n) is 2.31. The molecule has 0 unspecified atom stereocenters. The predicted octanol–water partition coefficient (Wildman–Crippen LogP) is 3.51. The summed E-state index contributed by atoms with van der Waals surface area (Å²) in [6.07, 6.45) is 0. The highest BCUT2D eigenvalue weighted by molar-refractivity contribution is 6.09. The molecule has 0 bridgehead atoms. The van der Waals surface area contributed by atoms with Gasteiger partial charge in [0, 0.05) is 23.3 Å². The van der Waals surface area contributed by atoms with Crippen LogP contribution in [0.15, 0.2) is 54.6 Å². The largest absolute Gasteiger partial charge is 0.339 e. The minimum absolute atomic E-state index is 0.00386. The van der Waals surface area contributed by atoms with E-state index in [0.29, 0.717) is 16.8 Å². The highest BCUT2D eigenvalue weighted by atomic mass is 16.1. The molecule has 0 fully saturated rings. The van der Waals surface area contributed by atoms with Gasteiger partial charge in [0.05, 0.1) is 0 Å². The van der Waals surface area contributed by atoms with Gasteiger partial charge in [0.25, 0.3) is 6.57 Å². The van der Waals surface area contributed by atoms with Crippen molar-refractivity contribution in [3.05, 3.63) is 70.6 Å². The third kappa shape index (κ3) is 1.99. The lowest BCUT2D eigenvalue weighted by molar-refractivity contribution is 0.103. The van der Waals surface area contributed by atoms with Crippen molar-refractivity contribution in [1.82, 2.24) is 0 Å². The number of nitrogens with zero attached hydrogens (tertiary/aromatic N) is 1. The van der Waals surface area contributed by atoms with Crippen molar-refractivity contribution in [3.63, 3.8) is 0 Å². The number of benzene rings is 2. The fraction of sp³-hybridized carbons (Fsp3) is 0. The molecule has 2 aromatic carbocycles. The van der Waals surface area contributed by atoms with Crippen LogP contribution in [0, 0.1) is 6.57 Å². The van der Waals surface area contributed by atoms with Gasteiger partial charge in [0.2, 0.25) is 0 Å². The fourth-order valence-electron chi connectivity index (χ4n) is 1.46. The summed E-state index contributed by atoms with van der Waals surface area (Å²) in [6.45, 7) is 5.13. The Kier molecular flexibility index (Phi) is 2.79. The standard InChI is InChI=1S/C14H10NO/c1-15-13-9-7-12(8-10-13)14(16)11-5-3-2-4-6-11/h1-10H/q+1. The van der Waals surface area contributed by atoms with Crippen molar-refractivity contribution in [2.75, 3.05) is 0 Å². The van der Waals surface area contributed by atoms with E-state index < -0.39 is 0 Å². The zero-order valence-electron chi connectivity index (χ0n) is 8.63. The monoisotopic (exact) mass is 208 g/mol. The summed E-state index contributed by atoms with van der Waals surface area (Å²) in [7, 11) is 0. The van der Waals surface area contributed by atoms with Gasteiger partial charge in [0.15, 0.2) is 5.78 Å². The molecule has 0 saturated carbocycles. The third-order valence-corrected chi connectivity index (χ3v) is 2.31. The highest BCUT2D eigenvalue weighted by Crippen LogP contribution is 2.15. The van der Waals surface area contributed by atoms with Crippen LogP contribution in [0.1, 0.15) is 15.9 Å². The van der Waals surface area contributed by atoms with Crippen molar-refractivity contribution in [2.45, 2.75) is 0 Å². The molecule has 0 aliphatic rings. The van der Waals surface area contributed by atoms with E-state index in [1.165, 1.54) is 0 Å². The summed E-state index contributed by atoms with van der Waals surface area (Å²) in [5.74, 6) is 0.00386. The van der Waals surface area contributed by atoms with Crippen molar-refractivity contribution >= 4 is 11.5 Å². The maximum Gasteiger partial charge on any atom is 0.339 e. The van der Waals surface area contributed by atoms with E-state index in [1.807, 2.05) is 18.2 Å². The number of rotatable bonds is 2. The zero-order valence-corrected chi connectivity index (χ0v) is 8.63. The van der Waals surface area contributed by atoms with Gasteiger partial charge in [-0.25, -0.2) is 0 Å². The number of carbonyl (C=O) groups is 1. The Bertz CT molecular complexity index is 535. The quantitative estimate of drug-likeness (QED) is 0.692. The van der Waals surface area contributed by atoms with Crippen LogP contribution in [0.4, 0.5) is 5.69 Å². The molecule has 76 valence electrons. The van der Waals surface area contributed by atoms with Crippen LogP contribution >= 0.6 is 0 Å². The Morgan fingerprint density at radius 2 is 1.44 bits per heavy atom. The highest BCUT2D eigenvalue weighted by Gasteiger charge is 2.09. The molecule has 0 aliphatic carbocycles. The van der Waals surface area contributed by atoms with Gasteiger partial charge in [0.1, 0.15) is 0 Å². The molecule has 0 radical (unpaired) electrons. The first-order valence-corrected chi connectivity index (χ1v) is 4.92. The summed E-state index contributed by atoms with van der Waals surface area (Å²) in [5.41, 5.74) is 1.98.